The summed E-state index contributed by atoms with van der Waals surface area (Å²) in [5.41, 5.74) is 3.13. The van der Waals surface area contributed by atoms with Crippen molar-refractivity contribution in [2.24, 2.45) is 5.10 Å². The lowest BCUT2D eigenvalue weighted by molar-refractivity contribution is 0.561. The van der Waals surface area contributed by atoms with Crippen LogP contribution in [0.2, 0.25) is 0 Å². The van der Waals surface area contributed by atoms with Crippen LogP contribution in [0.1, 0.15) is 6.42 Å². The lowest BCUT2D eigenvalue weighted by Gasteiger charge is -1.91. The van der Waals surface area contributed by atoms with Crippen molar-refractivity contribution in [3.05, 3.63) is 46.8 Å². The van der Waals surface area contributed by atoms with Crippen LogP contribution in [0.5, 0.6) is 0 Å². The zero-order valence-electron chi connectivity index (χ0n) is 8.72. The number of fused-ring (bicyclic) bond motifs is 1. The highest BCUT2D eigenvalue weighted by Crippen LogP contribution is 2.08. The van der Waals surface area contributed by atoms with Crippen LogP contribution in [-0.2, 0) is 0 Å². The molecule has 0 bridgehead atoms. The Morgan fingerprint density at radius 2 is 2.06 bits per heavy atom. The molecule has 16 heavy (non-hydrogen) atoms. The molecule has 0 spiro atoms. The van der Waals surface area contributed by atoms with Gasteiger partial charge in [-0.3, -0.25) is 0 Å². The second-order valence-corrected chi connectivity index (χ2v) is 3.30. The molecule has 2 heterocycles. The summed E-state index contributed by atoms with van der Waals surface area (Å²) in [4.78, 5) is 10.7. The van der Waals surface area contributed by atoms with Crippen molar-refractivity contribution >= 4 is 17.2 Å². The zero-order chi connectivity index (χ0) is 11.2. The standard InChI is InChI=1S/C9H6O2.C3H6N2/c10-9-6-5-7-3-1-2-4-8(7)11-9;1-2-4-5-3-1/h1-6H;2,5H,1,3H2. The van der Waals surface area contributed by atoms with Crippen LogP contribution >= 0.6 is 0 Å². The first-order valence-electron chi connectivity index (χ1n) is 5.09. The van der Waals surface area contributed by atoms with E-state index in [4.69, 9.17) is 4.42 Å². The predicted octanol–water partition coefficient (Wildman–Crippen LogP) is 1.76. The van der Waals surface area contributed by atoms with Gasteiger partial charge in [0, 0.05) is 30.6 Å². The molecule has 0 atom stereocenters. The van der Waals surface area contributed by atoms with Gasteiger partial charge >= 0.3 is 5.63 Å². The van der Waals surface area contributed by atoms with E-state index in [0.717, 1.165) is 18.4 Å². The van der Waals surface area contributed by atoms with Crippen molar-refractivity contribution in [2.45, 2.75) is 6.42 Å². The monoisotopic (exact) mass is 216 g/mol. The Balaban J connectivity index is 0.000000162. The molecule has 4 nitrogen and oxygen atoms in total. The van der Waals surface area contributed by atoms with Gasteiger partial charge in [0.1, 0.15) is 5.58 Å². The molecule has 1 aromatic heterocycles. The van der Waals surface area contributed by atoms with E-state index in [1.165, 1.54) is 6.07 Å². The SMILES string of the molecule is C1=NNCC1.O=c1ccc2ccccc2o1. The molecule has 4 heteroatoms. The maximum atomic E-state index is 10.7. The minimum absolute atomic E-state index is 0.302. The zero-order valence-corrected chi connectivity index (χ0v) is 8.72. The maximum absolute atomic E-state index is 10.7. The van der Waals surface area contributed by atoms with Crippen LogP contribution in [0.25, 0.3) is 11.0 Å². The van der Waals surface area contributed by atoms with Crippen molar-refractivity contribution in [2.75, 3.05) is 6.54 Å². The van der Waals surface area contributed by atoms with Gasteiger partial charge in [-0.05, 0) is 12.1 Å². The molecule has 1 aromatic carbocycles. The van der Waals surface area contributed by atoms with Gasteiger partial charge in [-0.25, -0.2) is 4.79 Å². The van der Waals surface area contributed by atoms with Gasteiger partial charge in [-0.2, -0.15) is 5.10 Å². The Kier molecular flexibility index (Phi) is 3.33. The number of benzene rings is 1. The Morgan fingerprint density at radius 1 is 1.19 bits per heavy atom. The first kappa shape index (κ1) is 10.4. The molecule has 1 N–H and O–H groups in total. The van der Waals surface area contributed by atoms with Crippen LogP contribution in [0.15, 0.2) is 50.7 Å². The molecular formula is C12H12N2O2. The molecule has 1 aliphatic heterocycles. The fourth-order valence-corrected chi connectivity index (χ4v) is 1.33. The highest BCUT2D eigenvalue weighted by molar-refractivity contribution is 5.75. The summed E-state index contributed by atoms with van der Waals surface area (Å²) in [7, 11) is 0. The van der Waals surface area contributed by atoms with E-state index in [1.807, 2.05) is 24.4 Å². The molecule has 0 saturated heterocycles. The van der Waals surface area contributed by atoms with Gasteiger partial charge in [0.05, 0.1) is 0 Å². The third kappa shape index (κ3) is 2.70. The van der Waals surface area contributed by atoms with Gasteiger partial charge in [0.25, 0.3) is 0 Å². The van der Waals surface area contributed by atoms with E-state index in [9.17, 15) is 4.79 Å². The number of hydrogen-bond donors (Lipinski definition) is 1. The first-order valence-corrected chi connectivity index (χ1v) is 5.09. The number of para-hydroxylation sites is 1. The van der Waals surface area contributed by atoms with Gasteiger partial charge in [0.2, 0.25) is 0 Å². The van der Waals surface area contributed by atoms with E-state index in [2.05, 4.69) is 10.5 Å². The van der Waals surface area contributed by atoms with Crippen LogP contribution in [-0.4, -0.2) is 12.8 Å². The fraction of sp³-hybridized carbons (Fsp3) is 0.167. The molecular weight excluding hydrogens is 204 g/mol. The lowest BCUT2D eigenvalue weighted by atomic mass is 10.2. The van der Waals surface area contributed by atoms with Gasteiger partial charge < -0.3 is 9.84 Å². The molecule has 0 saturated carbocycles. The maximum Gasteiger partial charge on any atom is 0.336 e. The molecule has 0 aliphatic carbocycles. The van der Waals surface area contributed by atoms with Gasteiger partial charge in [-0.15, -0.1) is 0 Å². The molecule has 82 valence electrons. The van der Waals surface area contributed by atoms with Crippen molar-refractivity contribution in [3.8, 4) is 0 Å². The predicted molar refractivity (Wildman–Crippen MR) is 63.6 cm³/mol. The third-order valence-corrected chi connectivity index (χ3v) is 2.10. The Hall–Kier alpha value is -2.10. The summed E-state index contributed by atoms with van der Waals surface area (Å²) in [6.45, 7) is 1.03. The molecule has 0 fully saturated rings. The van der Waals surface area contributed by atoms with Crippen LogP contribution in [0.4, 0.5) is 0 Å². The second-order valence-electron chi connectivity index (χ2n) is 3.30. The van der Waals surface area contributed by atoms with Gasteiger partial charge in [0.15, 0.2) is 0 Å². The molecule has 0 radical (unpaired) electrons. The molecule has 0 amide bonds. The molecule has 3 rings (SSSR count). The second kappa shape index (κ2) is 5.11. The average molecular weight is 216 g/mol. The largest absolute Gasteiger partial charge is 0.423 e. The Labute approximate surface area is 92.6 Å². The van der Waals surface area contributed by atoms with E-state index in [-0.39, 0.29) is 5.63 Å². The lowest BCUT2D eigenvalue weighted by Crippen LogP contribution is -1.96. The average Bonchev–Trinajstić information content (AvgIpc) is 2.87. The summed E-state index contributed by atoms with van der Waals surface area (Å²) in [6.07, 6.45) is 2.97. The Morgan fingerprint density at radius 3 is 2.75 bits per heavy atom. The topological polar surface area (TPSA) is 54.6 Å². The normalized spacial score (nSPS) is 13.0. The number of hydrazone groups is 1. The molecule has 2 aromatic rings. The number of rotatable bonds is 0. The minimum Gasteiger partial charge on any atom is -0.423 e. The van der Waals surface area contributed by atoms with Crippen LogP contribution < -0.4 is 11.1 Å². The van der Waals surface area contributed by atoms with Crippen LogP contribution in [0.3, 0.4) is 0 Å². The third-order valence-electron chi connectivity index (χ3n) is 2.10. The number of nitrogens with one attached hydrogen (secondary N) is 1. The van der Waals surface area contributed by atoms with Crippen molar-refractivity contribution in [3.63, 3.8) is 0 Å². The summed E-state index contributed by atoms with van der Waals surface area (Å²) in [5, 5.41) is 4.66. The highest BCUT2D eigenvalue weighted by Gasteiger charge is 1.92. The van der Waals surface area contributed by atoms with Crippen molar-refractivity contribution in [1.29, 1.82) is 0 Å². The summed E-state index contributed by atoms with van der Waals surface area (Å²) in [5.74, 6) is 0. The molecule has 0 unspecified atom stereocenters. The van der Waals surface area contributed by atoms with E-state index >= 15 is 0 Å². The number of nitrogens with zero attached hydrogens (tertiary/aromatic N) is 1. The quantitative estimate of drug-likeness (QED) is 0.683. The van der Waals surface area contributed by atoms with E-state index in [0.29, 0.717) is 5.58 Å². The summed E-state index contributed by atoms with van der Waals surface area (Å²) in [6, 6.07) is 10.6. The van der Waals surface area contributed by atoms with Gasteiger partial charge in [-0.1, -0.05) is 18.2 Å². The Bertz CT molecular complexity index is 540. The van der Waals surface area contributed by atoms with E-state index < -0.39 is 0 Å². The summed E-state index contributed by atoms with van der Waals surface area (Å²) >= 11 is 0. The first-order chi connectivity index (χ1) is 7.86. The minimum atomic E-state index is -0.302. The van der Waals surface area contributed by atoms with Crippen LogP contribution in [0, 0.1) is 0 Å². The summed E-state index contributed by atoms with van der Waals surface area (Å²) < 4.78 is 4.91. The van der Waals surface area contributed by atoms with Crippen molar-refractivity contribution < 1.29 is 4.42 Å². The highest BCUT2D eigenvalue weighted by atomic mass is 16.4. The van der Waals surface area contributed by atoms with Crippen molar-refractivity contribution in [1.82, 2.24) is 5.43 Å². The van der Waals surface area contributed by atoms with E-state index in [1.54, 1.807) is 12.1 Å². The smallest absolute Gasteiger partial charge is 0.336 e. The fourth-order valence-electron chi connectivity index (χ4n) is 1.33. The number of hydrogen-bond acceptors (Lipinski definition) is 4. The molecule has 1 aliphatic rings.